The minimum absolute atomic E-state index is 0.149. The van der Waals surface area contributed by atoms with Crippen molar-refractivity contribution in [2.45, 2.75) is 5.75 Å². The Morgan fingerprint density at radius 2 is 1.89 bits per heavy atom. The summed E-state index contributed by atoms with van der Waals surface area (Å²) in [5.74, 6) is -0.531. The molecule has 0 aliphatic heterocycles. The minimum Gasteiger partial charge on any atom is -0.264 e. The number of sulfone groups is 1. The lowest BCUT2D eigenvalue weighted by Crippen LogP contribution is -1.99. The maximum absolute atomic E-state index is 12.7. The van der Waals surface area contributed by atoms with Gasteiger partial charge in [-0.3, -0.25) is 4.98 Å². The number of halogens is 1. The Kier molecular flexibility index (Phi) is 4.06. The van der Waals surface area contributed by atoms with Gasteiger partial charge in [0.25, 0.3) is 0 Å². The lowest BCUT2D eigenvalue weighted by molar-refractivity contribution is 0.603. The zero-order valence-electron chi connectivity index (χ0n) is 10.0. The summed E-state index contributed by atoms with van der Waals surface area (Å²) in [6.07, 6.45) is 4.68. The van der Waals surface area contributed by atoms with E-state index in [1.165, 1.54) is 30.3 Å². The molecule has 5 heteroatoms. The van der Waals surface area contributed by atoms with Crippen LogP contribution in [0.1, 0.15) is 11.1 Å². The van der Waals surface area contributed by atoms with E-state index < -0.39 is 9.84 Å². The van der Waals surface area contributed by atoms with Crippen LogP contribution in [0.15, 0.2) is 54.2 Å². The van der Waals surface area contributed by atoms with Crippen molar-refractivity contribution in [3.8, 4) is 0 Å². The summed E-state index contributed by atoms with van der Waals surface area (Å²) in [7, 11) is -3.38. The Morgan fingerprint density at radius 1 is 1.16 bits per heavy atom. The molecule has 0 radical (unpaired) electrons. The molecule has 0 saturated carbocycles. The lowest BCUT2D eigenvalue weighted by atomic mass is 10.2. The van der Waals surface area contributed by atoms with E-state index in [2.05, 4.69) is 4.98 Å². The largest absolute Gasteiger partial charge is 0.264 e. The summed E-state index contributed by atoms with van der Waals surface area (Å²) in [4.78, 5) is 3.89. The highest BCUT2D eigenvalue weighted by Crippen LogP contribution is 2.10. The average molecular weight is 277 g/mol. The molecule has 2 aromatic rings. The normalized spacial score (nSPS) is 11.8. The van der Waals surface area contributed by atoms with Crippen LogP contribution in [-0.2, 0) is 15.6 Å². The summed E-state index contributed by atoms with van der Waals surface area (Å²) in [5.41, 5.74) is 1.27. The number of rotatable bonds is 4. The van der Waals surface area contributed by atoms with Gasteiger partial charge in [-0.2, -0.15) is 0 Å². The van der Waals surface area contributed by atoms with Crippen LogP contribution in [0, 0.1) is 5.82 Å². The lowest BCUT2D eigenvalue weighted by Gasteiger charge is -2.00. The Labute approximate surface area is 111 Å². The molecule has 0 aliphatic rings. The molecule has 2 rings (SSSR count). The quantitative estimate of drug-likeness (QED) is 0.863. The Hall–Kier alpha value is -2.01. The van der Waals surface area contributed by atoms with Gasteiger partial charge in [0.2, 0.25) is 0 Å². The minimum atomic E-state index is -3.38. The molecule has 98 valence electrons. The summed E-state index contributed by atoms with van der Waals surface area (Å²) in [6.45, 7) is 0. The molecule has 0 aliphatic carbocycles. The van der Waals surface area contributed by atoms with Crippen molar-refractivity contribution in [3.05, 3.63) is 71.1 Å². The number of hydrogen-bond acceptors (Lipinski definition) is 3. The van der Waals surface area contributed by atoms with E-state index in [9.17, 15) is 12.8 Å². The average Bonchev–Trinajstić information content (AvgIpc) is 2.40. The van der Waals surface area contributed by atoms with Crippen LogP contribution in [0.3, 0.4) is 0 Å². The summed E-state index contributed by atoms with van der Waals surface area (Å²) >= 11 is 0. The molecule has 0 spiro atoms. The number of pyridine rings is 1. The van der Waals surface area contributed by atoms with E-state index in [4.69, 9.17) is 0 Å². The van der Waals surface area contributed by atoms with Gasteiger partial charge < -0.3 is 0 Å². The first kappa shape index (κ1) is 13.4. The smallest absolute Gasteiger partial charge is 0.175 e. The number of aromatic nitrogens is 1. The van der Waals surface area contributed by atoms with Gasteiger partial charge in [0.1, 0.15) is 5.82 Å². The second-order valence-electron chi connectivity index (χ2n) is 4.02. The van der Waals surface area contributed by atoms with Crippen LogP contribution in [0.25, 0.3) is 6.08 Å². The standard InChI is InChI=1S/C14H12FNO2S/c15-14-5-3-13(4-6-14)11-19(17,18)9-7-12-2-1-8-16-10-12/h1-10H,11H2. The van der Waals surface area contributed by atoms with Crippen LogP contribution < -0.4 is 0 Å². The van der Waals surface area contributed by atoms with Gasteiger partial charge >= 0.3 is 0 Å². The molecule has 0 saturated heterocycles. The van der Waals surface area contributed by atoms with Crippen molar-refractivity contribution in [2.75, 3.05) is 0 Å². The first-order chi connectivity index (χ1) is 9.05. The monoisotopic (exact) mass is 277 g/mol. The Balaban J connectivity index is 2.11. The first-order valence-corrected chi connectivity index (χ1v) is 7.32. The van der Waals surface area contributed by atoms with E-state index in [0.29, 0.717) is 11.1 Å². The van der Waals surface area contributed by atoms with Gasteiger partial charge in [-0.05, 0) is 35.4 Å². The number of benzene rings is 1. The molecule has 1 heterocycles. The highest BCUT2D eigenvalue weighted by atomic mass is 32.2. The van der Waals surface area contributed by atoms with E-state index in [1.807, 2.05) is 0 Å². The van der Waals surface area contributed by atoms with Crippen molar-refractivity contribution in [2.24, 2.45) is 0 Å². The highest BCUT2D eigenvalue weighted by Gasteiger charge is 2.07. The molecule has 0 N–H and O–H groups in total. The van der Waals surface area contributed by atoms with E-state index in [1.54, 1.807) is 24.5 Å². The second kappa shape index (κ2) is 5.75. The van der Waals surface area contributed by atoms with E-state index in [-0.39, 0.29) is 11.6 Å². The molecule has 1 aromatic carbocycles. The highest BCUT2D eigenvalue weighted by molar-refractivity contribution is 7.93. The molecule has 19 heavy (non-hydrogen) atoms. The second-order valence-corrected chi connectivity index (χ2v) is 5.91. The topological polar surface area (TPSA) is 47.0 Å². The van der Waals surface area contributed by atoms with Crippen molar-refractivity contribution in [1.29, 1.82) is 0 Å². The summed E-state index contributed by atoms with van der Waals surface area (Å²) in [5, 5.41) is 1.15. The molecule has 0 bridgehead atoms. The van der Waals surface area contributed by atoms with Crippen LogP contribution in [0.4, 0.5) is 4.39 Å². The fourth-order valence-corrected chi connectivity index (χ4v) is 2.64. The van der Waals surface area contributed by atoms with E-state index in [0.717, 1.165) is 5.41 Å². The fourth-order valence-electron chi connectivity index (χ4n) is 1.52. The van der Waals surface area contributed by atoms with Gasteiger partial charge in [-0.1, -0.05) is 18.2 Å². The number of nitrogens with zero attached hydrogens (tertiary/aromatic N) is 1. The molecule has 3 nitrogen and oxygen atoms in total. The maximum Gasteiger partial charge on any atom is 0.175 e. The van der Waals surface area contributed by atoms with Gasteiger partial charge in [0, 0.05) is 17.8 Å². The van der Waals surface area contributed by atoms with Crippen LogP contribution >= 0.6 is 0 Å². The zero-order chi connectivity index (χ0) is 13.7. The third-order valence-electron chi connectivity index (χ3n) is 2.43. The van der Waals surface area contributed by atoms with E-state index >= 15 is 0 Å². The Morgan fingerprint density at radius 3 is 2.53 bits per heavy atom. The molecular formula is C14H12FNO2S. The molecule has 1 aromatic heterocycles. The third-order valence-corrected chi connectivity index (χ3v) is 3.72. The van der Waals surface area contributed by atoms with Crippen LogP contribution in [-0.4, -0.2) is 13.4 Å². The fraction of sp³-hybridized carbons (Fsp3) is 0.0714. The molecule has 0 fully saturated rings. The SMILES string of the molecule is O=S(=O)(C=Cc1cccnc1)Cc1ccc(F)cc1. The van der Waals surface area contributed by atoms with Crippen LogP contribution in [0.2, 0.25) is 0 Å². The predicted molar refractivity (Wildman–Crippen MR) is 72.3 cm³/mol. The van der Waals surface area contributed by atoms with Gasteiger partial charge in [-0.15, -0.1) is 0 Å². The zero-order valence-corrected chi connectivity index (χ0v) is 10.8. The molecule has 0 amide bonds. The van der Waals surface area contributed by atoms with Crippen molar-refractivity contribution in [3.63, 3.8) is 0 Å². The van der Waals surface area contributed by atoms with Crippen molar-refractivity contribution >= 4 is 15.9 Å². The van der Waals surface area contributed by atoms with Gasteiger partial charge in [0.15, 0.2) is 9.84 Å². The van der Waals surface area contributed by atoms with Crippen molar-refractivity contribution < 1.29 is 12.8 Å². The molecular weight excluding hydrogens is 265 g/mol. The predicted octanol–water partition coefficient (Wildman–Crippen LogP) is 2.81. The van der Waals surface area contributed by atoms with Gasteiger partial charge in [0.05, 0.1) is 5.75 Å². The summed E-state index contributed by atoms with van der Waals surface area (Å²) in [6, 6.07) is 8.91. The molecule has 0 atom stereocenters. The van der Waals surface area contributed by atoms with Gasteiger partial charge in [-0.25, -0.2) is 12.8 Å². The third kappa shape index (κ3) is 4.30. The maximum atomic E-state index is 12.7. The number of hydrogen-bond donors (Lipinski definition) is 0. The Bertz CT molecular complexity index is 664. The van der Waals surface area contributed by atoms with Crippen molar-refractivity contribution in [1.82, 2.24) is 4.98 Å². The molecule has 0 unspecified atom stereocenters. The summed E-state index contributed by atoms with van der Waals surface area (Å²) < 4.78 is 36.4. The first-order valence-electron chi connectivity index (χ1n) is 5.60. The van der Waals surface area contributed by atoms with Crippen LogP contribution in [0.5, 0.6) is 0 Å².